The number of nitrogens with zero attached hydrogens (tertiary/aromatic N) is 2. The SMILES string of the molecule is CCCCOc1c(Br)cc(C=C2C(=O)N(c3cccc(C(=O)O)c3)N=C2C)cc1OC. The summed E-state index contributed by atoms with van der Waals surface area (Å²) in [6.07, 6.45) is 3.69. The van der Waals surface area contributed by atoms with E-state index in [0.29, 0.717) is 35.1 Å². The molecule has 0 spiro atoms. The minimum Gasteiger partial charge on any atom is -0.493 e. The predicted octanol–water partition coefficient (Wildman–Crippen LogP) is 5.14. The number of carboxylic acids is 1. The van der Waals surface area contributed by atoms with Crippen molar-refractivity contribution >= 4 is 45.3 Å². The first-order valence-corrected chi connectivity index (χ1v) is 10.6. The van der Waals surface area contributed by atoms with Gasteiger partial charge in [0.1, 0.15) is 0 Å². The van der Waals surface area contributed by atoms with Crippen LogP contribution in [0.5, 0.6) is 11.5 Å². The zero-order chi connectivity index (χ0) is 22.5. The molecule has 31 heavy (non-hydrogen) atoms. The number of aromatic carboxylic acids is 1. The van der Waals surface area contributed by atoms with E-state index in [-0.39, 0.29) is 11.5 Å². The van der Waals surface area contributed by atoms with Crippen molar-refractivity contribution in [2.24, 2.45) is 5.10 Å². The molecule has 1 N–H and O–H groups in total. The monoisotopic (exact) mass is 486 g/mol. The highest BCUT2D eigenvalue weighted by Gasteiger charge is 2.29. The van der Waals surface area contributed by atoms with E-state index in [1.807, 2.05) is 6.07 Å². The second-order valence-corrected chi connectivity index (χ2v) is 7.81. The van der Waals surface area contributed by atoms with Crippen molar-refractivity contribution in [3.05, 3.63) is 57.6 Å². The van der Waals surface area contributed by atoms with Gasteiger partial charge in [-0.3, -0.25) is 4.79 Å². The fraction of sp³-hybridized carbons (Fsp3) is 0.261. The molecule has 7 nitrogen and oxygen atoms in total. The number of hydrogen-bond donors (Lipinski definition) is 1. The normalized spacial score (nSPS) is 14.7. The average molecular weight is 487 g/mol. The van der Waals surface area contributed by atoms with Crippen molar-refractivity contribution in [2.75, 3.05) is 18.7 Å². The summed E-state index contributed by atoms with van der Waals surface area (Å²) in [5.41, 5.74) is 2.16. The van der Waals surface area contributed by atoms with Gasteiger partial charge in [-0.15, -0.1) is 0 Å². The van der Waals surface area contributed by atoms with Crippen LogP contribution in [-0.4, -0.2) is 36.4 Å². The van der Waals surface area contributed by atoms with Gasteiger partial charge < -0.3 is 14.6 Å². The molecule has 0 atom stereocenters. The molecule has 2 aromatic carbocycles. The molecular weight excluding hydrogens is 464 g/mol. The maximum absolute atomic E-state index is 13.0. The van der Waals surface area contributed by atoms with Crippen LogP contribution in [0.25, 0.3) is 6.08 Å². The van der Waals surface area contributed by atoms with Gasteiger partial charge >= 0.3 is 5.97 Å². The molecule has 0 aliphatic carbocycles. The quantitative estimate of drug-likeness (QED) is 0.412. The van der Waals surface area contributed by atoms with Crippen LogP contribution in [0.3, 0.4) is 0 Å². The Labute approximate surface area is 189 Å². The summed E-state index contributed by atoms with van der Waals surface area (Å²) in [5, 5.41) is 14.7. The van der Waals surface area contributed by atoms with Crippen molar-refractivity contribution in [1.82, 2.24) is 0 Å². The standard InChI is InChI=1S/C23H23BrN2O5/c1-4-5-9-31-21-19(24)11-15(12-20(21)30-3)10-18-14(2)25-26(22(18)27)17-8-6-7-16(13-17)23(28)29/h6-8,10-13H,4-5,9H2,1-3H3,(H,28,29). The fourth-order valence-electron chi connectivity index (χ4n) is 3.08. The van der Waals surface area contributed by atoms with Crippen LogP contribution in [0.2, 0.25) is 0 Å². The lowest BCUT2D eigenvalue weighted by Gasteiger charge is -2.14. The van der Waals surface area contributed by atoms with E-state index in [0.717, 1.165) is 22.9 Å². The Morgan fingerprint density at radius 1 is 1.29 bits per heavy atom. The molecule has 0 aromatic heterocycles. The van der Waals surface area contributed by atoms with E-state index in [9.17, 15) is 14.7 Å². The minimum absolute atomic E-state index is 0.0860. The van der Waals surface area contributed by atoms with Gasteiger partial charge in [-0.2, -0.15) is 10.1 Å². The van der Waals surface area contributed by atoms with Crippen molar-refractivity contribution < 1.29 is 24.2 Å². The summed E-state index contributed by atoms with van der Waals surface area (Å²) >= 11 is 3.53. The maximum Gasteiger partial charge on any atom is 0.335 e. The number of hydrogen-bond acceptors (Lipinski definition) is 5. The second-order valence-electron chi connectivity index (χ2n) is 6.95. The summed E-state index contributed by atoms with van der Waals surface area (Å²) in [4.78, 5) is 24.3. The van der Waals surface area contributed by atoms with Gasteiger partial charge in [0, 0.05) is 0 Å². The van der Waals surface area contributed by atoms with Crippen molar-refractivity contribution in [1.29, 1.82) is 0 Å². The number of halogens is 1. The molecule has 0 fully saturated rings. The number of carboxylic acid groups (broad SMARTS) is 1. The Kier molecular flexibility index (Phi) is 7.12. The number of benzene rings is 2. The highest BCUT2D eigenvalue weighted by atomic mass is 79.9. The number of ether oxygens (including phenoxy) is 2. The minimum atomic E-state index is -1.07. The number of unbranched alkanes of at least 4 members (excludes halogenated alkanes) is 1. The zero-order valence-corrected chi connectivity index (χ0v) is 19.1. The van der Waals surface area contributed by atoms with Crippen LogP contribution in [0.15, 0.2) is 51.5 Å². The number of rotatable bonds is 8. The van der Waals surface area contributed by atoms with Crippen LogP contribution in [0.4, 0.5) is 5.69 Å². The first kappa shape index (κ1) is 22.6. The third-order valence-corrected chi connectivity index (χ3v) is 5.30. The molecule has 0 saturated heterocycles. The largest absolute Gasteiger partial charge is 0.493 e. The molecule has 0 bridgehead atoms. The topological polar surface area (TPSA) is 88.4 Å². The summed E-state index contributed by atoms with van der Waals surface area (Å²) in [6.45, 7) is 4.41. The molecule has 0 radical (unpaired) electrons. The smallest absolute Gasteiger partial charge is 0.335 e. The highest BCUT2D eigenvalue weighted by Crippen LogP contribution is 2.38. The van der Waals surface area contributed by atoms with Crippen LogP contribution in [-0.2, 0) is 4.79 Å². The molecule has 1 aliphatic rings. The van der Waals surface area contributed by atoms with Crippen molar-refractivity contribution in [2.45, 2.75) is 26.7 Å². The number of hydrazone groups is 1. The van der Waals surface area contributed by atoms with E-state index in [2.05, 4.69) is 28.0 Å². The number of carbonyl (C=O) groups excluding carboxylic acids is 1. The summed E-state index contributed by atoms with van der Waals surface area (Å²) in [7, 11) is 1.57. The molecule has 1 amide bonds. The molecular formula is C23H23BrN2O5. The van der Waals surface area contributed by atoms with Gasteiger partial charge in [-0.1, -0.05) is 19.4 Å². The van der Waals surface area contributed by atoms with E-state index >= 15 is 0 Å². The lowest BCUT2D eigenvalue weighted by atomic mass is 10.1. The fourth-order valence-corrected chi connectivity index (χ4v) is 3.65. The molecule has 162 valence electrons. The molecule has 0 saturated carbocycles. The Morgan fingerprint density at radius 2 is 2.06 bits per heavy atom. The van der Waals surface area contributed by atoms with Gasteiger partial charge in [0.15, 0.2) is 11.5 Å². The Morgan fingerprint density at radius 3 is 2.74 bits per heavy atom. The van der Waals surface area contributed by atoms with E-state index in [4.69, 9.17) is 9.47 Å². The molecule has 2 aromatic rings. The summed E-state index contributed by atoms with van der Waals surface area (Å²) in [5.74, 6) is -0.224. The average Bonchev–Trinajstić information content (AvgIpc) is 3.03. The van der Waals surface area contributed by atoms with Gasteiger partial charge in [-0.25, -0.2) is 4.79 Å². The highest BCUT2D eigenvalue weighted by molar-refractivity contribution is 9.10. The molecule has 0 unspecified atom stereocenters. The molecule has 1 heterocycles. The van der Waals surface area contributed by atoms with Crippen LogP contribution >= 0.6 is 15.9 Å². The Balaban J connectivity index is 1.91. The van der Waals surface area contributed by atoms with E-state index in [1.165, 1.54) is 17.1 Å². The number of amides is 1. The zero-order valence-electron chi connectivity index (χ0n) is 17.5. The maximum atomic E-state index is 13.0. The van der Waals surface area contributed by atoms with Gasteiger partial charge in [0.05, 0.1) is 40.7 Å². The first-order valence-electron chi connectivity index (χ1n) is 9.81. The number of anilines is 1. The summed E-state index contributed by atoms with van der Waals surface area (Å²) < 4.78 is 12.0. The van der Waals surface area contributed by atoms with Gasteiger partial charge in [-0.05, 0) is 71.2 Å². The second kappa shape index (κ2) is 9.78. The first-order chi connectivity index (χ1) is 14.8. The number of carbonyl (C=O) groups is 2. The lowest BCUT2D eigenvalue weighted by Crippen LogP contribution is -2.21. The van der Waals surface area contributed by atoms with Gasteiger partial charge in [0.2, 0.25) is 0 Å². The molecule has 3 rings (SSSR count). The van der Waals surface area contributed by atoms with Crippen LogP contribution in [0, 0.1) is 0 Å². The van der Waals surface area contributed by atoms with Gasteiger partial charge in [0.25, 0.3) is 5.91 Å². The van der Waals surface area contributed by atoms with Crippen molar-refractivity contribution in [3.8, 4) is 11.5 Å². The third kappa shape index (κ3) is 4.96. The molecule has 1 aliphatic heterocycles. The van der Waals surface area contributed by atoms with Crippen LogP contribution < -0.4 is 14.5 Å². The third-order valence-electron chi connectivity index (χ3n) is 4.71. The Bertz CT molecular complexity index is 1080. The summed E-state index contributed by atoms with van der Waals surface area (Å²) in [6, 6.07) is 9.76. The number of methoxy groups -OCH3 is 1. The van der Waals surface area contributed by atoms with Crippen LogP contribution in [0.1, 0.15) is 42.6 Å². The predicted molar refractivity (Wildman–Crippen MR) is 123 cm³/mol. The van der Waals surface area contributed by atoms with E-state index in [1.54, 1.807) is 38.3 Å². The molecule has 8 heteroatoms. The lowest BCUT2D eigenvalue weighted by molar-refractivity contribution is -0.114. The Hall–Kier alpha value is -3.13. The van der Waals surface area contributed by atoms with E-state index < -0.39 is 5.97 Å². The van der Waals surface area contributed by atoms with Crippen molar-refractivity contribution in [3.63, 3.8) is 0 Å².